The minimum absolute atomic E-state index is 0.288. The van der Waals surface area contributed by atoms with Gasteiger partial charge in [-0.25, -0.2) is 0 Å². The smallest absolute Gasteiger partial charge is 0.222 e. The van der Waals surface area contributed by atoms with Crippen molar-refractivity contribution in [3.8, 4) is 0 Å². The second kappa shape index (κ2) is 7.49. The first-order chi connectivity index (χ1) is 11.5. The Labute approximate surface area is 148 Å². The number of carbonyl (C=O) groups is 1. The van der Waals surface area contributed by atoms with Crippen LogP contribution in [0.3, 0.4) is 0 Å². The molecule has 1 atom stereocenters. The lowest BCUT2D eigenvalue weighted by Gasteiger charge is -2.16. The topological polar surface area (TPSA) is 32.3 Å². The summed E-state index contributed by atoms with van der Waals surface area (Å²) in [6.07, 6.45) is 1.71. The van der Waals surface area contributed by atoms with Crippen LogP contribution in [0.2, 0.25) is 0 Å². The van der Waals surface area contributed by atoms with Crippen molar-refractivity contribution < 1.29 is 4.79 Å². The van der Waals surface area contributed by atoms with Crippen molar-refractivity contribution in [2.24, 2.45) is 0 Å². The number of hydrogen-bond acceptors (Lipinski definition) is 3. The van der Waals surface area contributed by atoms with Gasteiger partial charge in [-0.3, -0.25) is 4.79 Å². The first-order valence-electron chi connectivity index (χ1n) is 8.69. The zero-order chi connectivity index (χ0) is 17.1. The minimum atomic E-state index is 0.288. The van der Waals surface area contributed by atoms with Crippen molar-refractivity contribution >= 4 is 17.2 Å². The van der Waals surface area contributed by atoms with Gasteiger partial charge in [-0.15, -0.1) is 11.3 Å². The normalized spacial score (nSPS) is 16.0. The molecule has 2 heterocycles. The Morgan fingerprint density at radius 3 is 2.50 bits per heavy atom. The number of nitrogens with one attached hydrogen (secondary N) is 1. The molecule has 1 amide bonds. The molecule has 0 radical (unpaired) electrons. The third kappa shape index (κ3) is 4.05. The molecule has 0 unspecified atom stereocenters. The van der Waals surface area contributed by atoms with Gasteiger partial charge in [0.1, 0.15) is 0 Å². The molecule has 1 fully saturated rings. The van der Waals surface area contributed by atoms with Gasteiger partial charge in [-0.2, -0.15) is 0 Å². The standard InChI is InChI=1S/C20H26N2OS/c1-14-11-19(16(3)24-14)15(2)21-12-17-6-8-18(9-7-17)13-22-10-4-5-20(22)23/h6-9,11,15,21H,4-5,10,12-13H2,1-3H3/t15-/m0/s1. The van der Waals surface area contributed by atoms with Crippen LogP contribution in [0.1, 0.15) is 52.3 Å². The number of benzene rings is 1. The lowest BCUT2D eigenvalue weighted by Crippen LogP contribution is -2.23. The van der Waals surface area contributed by atoms with Crippen LogP contribution in [0.25, 0.3) is 0 Å². The highest BCUT2D eigenvalue weighted by atomic mass is 32.1. The summed E-state index contributed by atoms with van der Waals surface area (Å²) in [5.41, 5.74) is 3.90. The van der Waals surface area contributed by atoms with Crippen LogP contribution < -0.4 is 5.32 Å². The average Bonchev–Trinajstić information content (AvgIpc) is 3.11. The highest BCUT2D eigenvalue weighted by Gasteiger charge is 2.19. The summed E-state index contributed by atoms with van der Waals surface area (Å²) in [7, 11) is 0. The van der Waals surface area contributed by atoms with Gasteiger partial charge in [0.25, 0.3) is 0 Å². The predicted octanol–water partition coefficient (Wildman–Crippen LogP) is 4.34. The first kappa shape index (κ1) is 17.2. The third-order valence-electron chi connectivity index (χ3n) is 4.73. The van der Waals surface area contributed by atoms with Gasteiger partial charge in [-0.1, -0.05) is 24.3 Å². The number of amides is 1. The van der Waals surface area contributed by atoms with Crippen LogP contribution in [0.5, 0.6) is 0 Å². The van der Waals surface area contributed by atoms with E-state index in [1.807, 2.05) is 16.2 Å². The fourth-order valence-corrected chi connectivity index (χ4v) is 4.34. The van der Waals surface area contributed by atoms with Crippen LogP contribution >= 0.6 is 11.3 Å². The average molecular weight is 343 g/mol. The number of likely N-dealkylation sites (tertiary alicyclic amines) is 1. The molecule has 0 spiro atoms. The van der Waals surface area contributed by atoms with Gasteiger partial charge in [0.15, 0.2) is 0 Å². The molecule has 1 aromatic heterocycles. The van der Waals surface area contributed by atoms with E-state index >= 15 is 0 Å². The molecular weight excluding hydrogens is 316 g/mol. The van der Waals surface area contributed by atoms with E-state index in [-0.39, 0.29) is 5.91 Å². The molecule has 2 aromatic rings. The van der Waals surface area contributed by atoms with Crippen molar-refractivity contribution in [3.63, 3.8) is 0 Å². The van der Waals surface area contributed by atoms with E-state index in [9.17, 15) is 4.79 Å². The molecule has 1 aliphatic rings. The van der Waals surface area contributed by atoms with Crippen LogP contribution in [-0.4, -0.2) is 17.4 Å². The summed E-state index contributed by atoms with van der Waals surface area (Å²) in [6.45, 7) is 9.09. The van der Waals surface area contributed by atoms with Crippen molar-refractivity contribution in [3.05, 3.63) is 56.8 Å². The Kier molecular flexibility index (Phi) is 5.36. The number of thiophene rings is 1. The largest absolute Gasteiger partial charge is 0.338 e. The van der Waals surface area contributed by atoms with Gasteiger partial charge in [0, 0.05) is 41.9 Å². The number of carbonyl (C=O) groups excluding carboxylic acids is 1. The van der Waals surface area contributed by atoms with Crippen LogP contribution in [0.15, 0.2) is 30.3 Å². The van der Waals surface area contributed by atoms with E-state index < -0.39 is 0 Å². The lowest BCUT2D eigenvalue weighted by atomic mass is 10.1. The lowest BCUT2D eigenvalue weighted by molar-refractivity contribution is -0.128. The maximum absolute atomic E-state index is 11.7. The quantitative estimate of drug-likeness (QED) is 0.847. The maximum atomic E-state index is 11.7. The summed E-state index contributed by atoms with van der Waals surface area (Å²) in [5.74, 6) is 0.288. The van der Waals surface area contributed by atoms with Crippen LogP contribution in [0, 0.1) is 13.8 Å². The fraction of sp³-hybridized carbons (Fsp3) is 0.450. The SMILES string of the molecule is Cc1cc([C@H](C)NCc2ccc(CN3CCCC3=O)cc2)c(C)s1. The van der Waals surface area contributed by atoms with Crippen LogP contribution in [0.4, 0.5) is 0 Å². The second-order valence-corrected chi connectivity index (χ2v) is 8.17. The van der Waals surface area contributed by atoms with Crippen molar-refractivity contribution in [2.75, 3.05) is 6.54 Å². The summed E-state index contributed by atoms with van der Waals surface area (Å²) < 4.78 is 0. The van der Waals surface area contributed by atoms with Gasteiger partial charge in [-0.05, 0) is 49.9 Å². The number of hydrogen-bond donors (Lipinski definition) is 1. The zero-order valence-corrected chi connectivity index (χ0v) is 15.6. The van der Waals surface area contributed by atoms with Crippen molar-refractivity contribution in [2.45, 2.75) is 52.7 Å². The zero-order valence-electron chi connectivity index (χ0n) is 14.8. The van der Waals surface area contributed by atoms with Crippen LogP contribution in [-0.2, 0) is 17.9 Å². The molecular formula is C20H26N2OS. The molecule has 0 aliphatic carbocycles. The van der Waals surface area contributed by atoms with Crippen molar-refractivity contribution in [1.29, 1.82) is 0 Å². The Morgan fingerprint density at radius 2 is 1.92 bits per heavy atom. The van der Waals surface area contributed by atoms with E-state index in [2.05, 4.69) is 56.4 Å². The van der Waals surface area contributed by atoms with Gasteiger partial charge < -0.3 is 10.2 Å². The Hall–Kier alpha value is -1.65. The molecule has 3 rings (SSSR count). The number of aryl methyl sites for hydroxylation is 2. The molecule has 0 saturated carbocycles. The highest BCUT2D eigenvalue weighted by Crippen LogP contribution is 2.26. The predicted molar refractivity (Wildman–Crippen MR) is 100 cm³/mol. The van der Waals surface area contributed by atoms with E-state index in [0.717, 1.165) is 26.1 Å². The number of rotatable bonds is 6. The highest BCUT2D eigenvalue weighted by molar-refractivity contribution is 7.12. The summed E-state index contributed by atoms with van der Waals surface area (Å²) in [5, 5.41) is 3.61. The molecule has 1 N–H and O–H groups in total. The molecule has 1 aliphatic heterocycles. The molecule has 3 nitrogen and oxygen atoms in total. The Balaban J connectivity index is 1.54. The second-order valence-electron chi connectivity index (χ2n) is 6.71. The molecule has 1 saturated heterocycles. The summed E-state index contributed by atoms with van der Waals surface area (Å²) >= 11 is 1.86. The third-order valence-corrected chi connectivity index (χ3v) is 5.71. The summed E-state index contributed by atoms with van der Waals surface area (Å²) in [4.78, 5) is 16.4. The van der Waals surface area contributed by atoms with Gasteiger partial charge in [0.05, 0.1) is 0 Å². The Bertz CT molecular complexity index is 705. The van der Waals surface area contributed by atoms with Gasteiger partial charge in [0.2, 0.25) is 5.91 Å². The first-order valence-corrected chi connectivity index (χ1v) is 9.50. The number of nitrogens with zero attached hydrogens (tertiary/aromatic N) is 1. The molecule has 0 bridgehead atoms. The Morgan fingerprint density at radius 1 is 1.21 bits per heavy atom. The minimum Gasteiger partial charge on any atom is -0.338 e. The molecule has 1 aromatic carbocycles. The van der Waals surface area contributed by atoms with Gasteiger partial charge >= 0.3 is 0 Å². The van der Waals surface area contributed by atoms with E-state index in [1.165, 1.54) is 26.4 Å². The summed E-state index contributed by atoms with van der Waals surface area (Å²) in [6, 6.07) is 11.3. The molecule has 128 valence electrons. The fourth-order valence-electron chi connectivity index (χ4n) is 3.32. The van der Waals surface area contributed by atoms with E-state index in [0.29, 0.717) is 12.5 Å². The van der Waals surface area contributed by atoms with E-state index in [1.54, 1.807) is 0 Å². The maximum Gasteiger partial charge on any atom is 0.222 e. The molecule has 4 heteroatoms. The van der Waals surface area contributed by atoms with Crippen molar-refractivity contribution in [1.82, 2.24) is 10.2 Å². The monoisotopic (exact) mass is 342 g/mol. The van der Waals surface area contributed by atoms with E-state index in [4.69, 9.17) is 0 Å². The molecule has 24 heavy (non-hydrogen) atoms.